The number of fused-ring (bicyclic) bond motifs is 1. The molecule has 1 saturated heterocycles. The molecule has 0 bridgehead atoms. The third-order valence-electron chi connectivity index (χ3n) is 3.94. The van der Waals surface area contributed by atoms with Crippen molar-refractivity contribution in [2.24, 2.45) is 5.92 Å². The highest BCUT2D eigenvalue weighted by Crippen LogP contribution is 2.35. The first-order chi connectivity index (χ1) is 9.70. The van der Waals surface area contributed by atoms with Crippen molar-refractivity contribution < 1.29 is 9.15 Å². The standard InChI is InChI=1S/C15H18ClNO3/c1-2-17-12-6-5-10(8-13(12)20-15(17)18)14(16)11-4-3-7-19-9-11/h5-6,8,11,14H,2-4,7,9H2,1H3. The van der Waals surface area contributed by atoms with Crippen LogP contribution in [0, 0.1) is 5.92 Å². The molecule has 1 aliphatic rings. The van der Waals surface area contributed by atoms with Gasteiger partial charge >= 0.3 is 5.76 Å². The summed E-state index contributed by atoms with van der Waals surface area (Å²) < 4.78 is 12.4. The molecule has 0 saturated carbocycles. The van der Waals surface area contributed by atoms with Crippen molar-refractivity contribution in [3.8, 4) is 0 Å². The summed E-state index contributed by atoms with van der Waals surface area (Å²) in [5.74, 6) is 0.00891. The van der Waals surface area contributed by atoms with Crippen molar-refractivity contribution in [1.29, 1.82) is 0 Å². The minimum atomic E-state index is -0.313. The molecular weight excluding hydrogens is 278 g/mol. The molecule has 0 aliphatic carbocycles. The fourth-order valence-corrected chi connectivity index (χ4v) is 3.16. The van der Waals surface area contributed by atoms with Crippen molar-refractivity contribution in [3.05, 3.63) is 34.3 Å². The first-order valence-electron chi connectivity index (χ1n) is 7.06. The molecule has 1 fully saturated rings. The molecule has 4 nitrogen and oxygen atoms in total. The van der Waals surface area contributed by atoms with Gasteiger partial charge in [0.1, 0.15) is 0 Å². The highest BCUT2D eigenvalue weighted by Gasteiger charge is 2.24. The van der Waals surface area contributed by atoms with E-state index in [2.05, 4.69) is 0 Å². The number of aromatic nitrogens is 1. The van der Waals surface area contributed by atoms with Crippen molar-refractivity contribution in [1.82, 2.24) is 4.57 Å². The Kier molecular flexibility index (Phi) is 3.85. The summed E-state index contributed by atoms with van der Waals surface area (Å²) in [5.41, 5.74) is 2.42. The van der Waals surface area contributed by atoms with E-state index >= 15 is 0 Å². The Hall–Kier alpha value is -1.26. The molecule has 0 N–H and O–H groups in total. The van der Waals surface area contributed by atoms with E-state index in [1.54, 1.807) is 4.57 Å². The van der Waals surface area contributed by atoms with Crippen LogP contribution in [-0.2, 0) is 11.3 Å². The van der Waals surface area contributed by atoms with Crippen LogP contribution in [0.1, 0.15) is 30.7 Å². The molecule has 0 radical (unpaired) electrons. The van der Waals surface area contributed by atoms with Crippen LogP contribution in [0.25, 0.3) is 11.1 Å². The van der Waals surface area contributed by atoms with Gasteiger partial charge in [-0.1, -0.05) is 6.07 Å². The van der Waals surface area contributed by atoms with Gasteiger partial charge in [0, 0.05) is 19.1 Å². The monoisotopic (exact) mass is 295 g/mol. The third kappa shape index (κ3) is 2.38. The summed E-state index contributed by atoms with van der Waals surface area (Å²) in [6.07, 6.45) is 2.13. The van der Waals surface area contributed by atoms with Gasteiger partial charge in [0.15, 0.2) is 5.58 Å². The molecule has 2 heterocycles. The number of ether oxygens (including phenoxy) is 1. The zero-order valence-corrected chi connectivity index (χ0v) is 12.2. The van der Waals surface area contributed by atoms with Crippen molar-refractivity contribution in [2.75, 3.05) is 13.2 Å². The summed E-state index contributed by atoms with van der Waals surface area (Å²) >= 11 is 6.56. The molecule has 1 aliphatic heterocycles. The lowest BCUT2D eigenvalue weighted by Gasteiger charge is -2.26. The molecule has 1 aromatic carbocycles. The molecule has 108 valence electrons. The SMILES string of the molecule is CCn1c(=O)oc2cc(C(Cl)C3CCCOC3)ccc21. The third-order valence-corrected chi connectivity index (χ3v) is 4.54. The number of benzene rings is 1. The Morgan fingerprint density at radius 2 is 2.35 bits per heavy atom. The van der Waals surface area contributed by atoms with E-state index in [1.807, 2.05) is 25.1 Å². The molecule has 0 spiro atoms. The van der Waals surface area contributed by atoms with Gasteiger partial charge in [-0.15, -0.1) is 11.6 Å². The highest BCUT2D eigenvalue weighted by molar-refractivity contribution is 6.21. The maximum atomic E-state index is 11.7. The molecule has 5 heteroatoms. The van der Waals surface area contributed by atoms with Crippen LogP contribution in [0.3, 0.4) is 0 Å². The molecule has 2 aromatic rings. The van der Waals surface area contributed by atoms with Gasteiger partial charge < -0.3 is 9.15 Å². The Balaban J connectivity index is 1.94. The van der Waals surface area contributed by atoms with Gasteiger partial charge in [-0.2, -0.15) is 0 Å². The summed E-state index contributed by atoms with van der Waals surface area (Å²) in [6.45, 7) is 4.05. The number of nitrogens with zero attached hydrogens (tertiary/aromatic N) is 1. The zero-order chi connectivity index (χ0) is 14.1. The van der Waals surface area contributed by atoms with E-state index in [-0.39, 0.29) is 11.1 Å². The Morgan fingerprint density at radius 1 is 1.50 bits per heavy atom. The van der Waals surface area contributed by atoms with Crippen molar-refractivity contribution in [3.63, 3.8) is 0 Å². The van der Waals surface area contributed by atoms with E-state index in [4.69, 9.17) is 20.8 Å². The number of halogens is 1. The second-order valence-corrected chi connectivity index (χ2v) is 5.69. The van der Waals surface area contributed by atoms with Crippen molar-refractivity contribution in [2.45, 2.75) is 31.7 Å². The molecular formula is C15H18ClNO3. The maximum absolute atomic E-state index is 11.7. The normalized spacial score (nSPS) is 21.2. The van der Waals surface area contributed by atoms with Crippen LogP contribution >= 0.6 is 11.6 Å². The lowest BCUT2D eigenvalue weighted by Crippen LogP contribution is -2.21. The Bertz CT molecular complexity index is 655. The number of hydrogen-bond donors (Lipinski definition) is 0. The van der Waals surface area contributed by atoms with E-state index in [9.17, 15) is 4.79 Å². The van der Waals surface area contributed by atoms with Gasteiger partial charge in [0.05, 0.1) is 17.5 Å². The second kappa shape index (κ2) is 5.62. The topological polar surface area (TPSA) is 44.4 Å². The van der Waals surface area contributed by atoms with E-state index in [0.717, 1.165) is 30.5 Å². The summed E-state index contributed by atoms with van der Waals surface area (Å²) in [5, 5.41) is -0.102. The average molecular weight is 296 g/mol. The fourth-order valence-electron chi connectivity index (χ4n) is 2.82. The smallest absolute Gasteiger partial charge is 0.408 e. The number of alkyl halides is 1. The molecule has 0 amide bonds. The predicted molar refractivity (Wildman–Crippen MR) is 78.3 cm³/mol. The van der Waals surface area contributed by atoms with Crippen LogP contribution in [-0.4, -0.2) is 17.8 Å². The predicted octanol–water partition coefficient (Wildman–Crippen LogP) is 3.32. The van der Waals surface area contributed by atoms with Gasteiger partial charge in [0.25, 0.3) is 0 Å². The molecule has 20 heavy (non-hydrogen) atoms. The maximum Gasteiger partial charge on any atom is 0.419 e. The van der Waals surface area contributed by atoms with Crippen LogP contribution < -0.4 is 5.76 Å². The molecule has 2 atom stereocenters. The Labute approximate surface area is 122 Å². The minimum Gasteiger partial charge on any atom is -0.408 e. The number of hydrogen-bond acceptors (Lipinski definition) is 3. The lowest BCUT2D eigenvalue weighted by molar-refractivity contribution is 0.0531. The molecule has 3 rings (SSSR count). The van der Waals surface area contributed by atoms with E-state index in [1.165, 1.54) is 0 Å². The number of oxazole rings is 1. The number of aryl methyl sites for hydroxylation is 1. The minimum absolute atomic E-state index is 0.102. The Morgan fingerprint density at radius 3 is 3.05 bits per heavy atom. The van der Waals surface area contributed by atoms with Crippen LogP contribution in [0.2, 0.25) is 0 Å². The van der Waals surface area contributed by atoms with Gasteiger partial charge in [-0.25, -0.2) is 4.79 Å². The summed E-state index contributed by atoms with van der Waals surface area (Å²) in [6, 6.07) is 5.78. The van der Waals surface area contributed by atoms with Gasteiger partial charge in [0.2, 0.25) is 0 Å². The average Bonchev–Trinajstić information content (AvgIpc) is 2.81. The summed E-state index contributed by atoms with van der Waals surface area (Å²) in [7, 11) is 0. The van der Waals surface area contributed by atoms with E-state index < -0.39 is 0 Å². The fraction of sp³-hybridized carbons (Fsp3) is 0.533. The second-order valence-electron chi connectivity index (χ2n) is 5.22. The van der Waals surface area contributed by atoms with Crippen LogP contribution in [0.5, 0.6) is 0 Å². The van der Waals surface area contributed by atoms with Gasteiger partial charge in [-0.05, 0) is 37.5 Å². The quantitative estimate of drug-likeness (QED) is 0.816. The lowest BCUT2D eigenvalue weighted by atomic mass is 9.93. The largest absolute Gasteiger partial charge is 0.419 e. The van der Waals surface area contributed by atoms with Crippen LogP contribution in [0.4, 0.5) is 0 Å². The first kappa shape index (κ1) is 13.7. The summed E-state index contributed by atoms with van der Waals surface area (Å²) in [4.78, 5) is 11.7. The molecule has 1 aromatic heterocycles. The van der Waals surface area contributed by atoms with Gasteiger partial charge in [-0.3, -0.25) is 4.57 Å². The first-order valence-corrected chi connectivity index (χ1v) is 7.49. The molecule has 2 unspecified atom stereocenters. The van der Waals surface area contributed by atoms with Crippen LogP contribution in [0.15, 0.2) is 27.4 Å². The zero-order valence-electron chi connectivity index (χ0n) is 11.5. The van der Waals surface area contributed by atoms with Crippen molar-refractivity contribution >= 4 is 22.7 Å². The highest BCUT2D eigenvalue weighted by atomic mass is 35.5. The number of rotatable bonds is 3. The van der Waals surface area contributed by atoms with E-state index in [0.29, 0.717) is 24.7 Å².